The van der Waals surface area contributed by atoms with Crippen molar-refractivity contribution in [2.75, 3.05) is 38.0 Å². The highest BCUT2D eigenvalue weighted by atomic mass is 35.5. The molecule has 1 aliphatic rings. The molecule has 0 aliphatic carbocycles. The number of rotatable bonds is 5. The predicted molar refractivity (Wildman–Crippen MR) is 93.0 cm³/mol. The van der Waals surface area contributed by atoms with Gasteiger partial charge in [0.1, 0.15) is 0 Å². The smallest absolute Gasteiger partial charge is 0.238 e. The number of anilines is 1. The number of amides is 1. The number of benzene rings is 1. The molecule has 1 aromatic heterocycles. The van der Waals surface area contributed by atoms with E-state index in [4.69, 9.17) is 16.1 Å². The maximum absolute atomic E-state index is 12.2. The Bertz CT molecular complexity index is 695. The van der Waals surface area contributed by atoms with E-state index in [0.29, 0.717) is 17.3 Å². The van der Waals surface area contributed by atoms with Crippen LogP contribution in [0.1, 0.15) is 11.5 Å². The summed E-state index contributed by atoms with van der Waals surface area (Å²) >= 11 is 6.06. The summed E-state index contributed by atoms with van der Waals surface area (Å²) in [6, 6.07) is 9.22. The zero-order valence-corrected chi connectivity index (χ0v) is 14.4. The topological polar surface area (TPSA) is 61.6 Å². The third-order valence-electron chi connectivity index (χ3n) is 4.04. The summed E-state index contributed by atoms with van der Waals surface area (Å²) in [5.41, 5.74) is 1.56. The zero-order valence-electron chi connectivity index (χ0n) is 13.7. The Hall–Kier alpha value is -1.89. The van der Waals surface area contributed by atoms with E-state index >= 15 is 0 Å². The number of nitrogens with zero attached hydrogens (tertiary/aromatic N) is 3. The average Bonchev–Trinajstić information content (AvgIpc) is 2.96. The lowest BCUT2D eigenvalue weighted by Crippen LogP contribution is -2.48. The number of hydrogen-bond acceptors (Lipinski definition) is 5. The molecule has 1 aromatic carbocycles. The van der Waals surface area contributed by atoms with Crippen LogP contribution in [-0.2, 0) is 11.3 Å². The third kappa shape index (κ3) is 4.56. The minimum absolute atomic E-state index is 0.0394. The maximum Gasteiger partial charge on any atom is 0.238 e. The Balaban J connectivity index is 1.43. The standard InChI is InChI=1S/C17H21ClN4O2/c1-13-10-14(24-20-13)11-21-6-8-22(9-7-21)12-17(23)19-16-5-3-2-4-15(16)18/h2-5,10H,6-9,11-12H2,1H3,(H,19,23). The average molecular weight is 349 g/mol. The van der Waals surface area contributed by atoms with Crippen LogP contribution in [0.5, 0.6) is 0 Å². The number of carbonyl (C=O) groups is 1. The SMILES string of the molecule is Cc1cc(CN2CCN(CC(=O)Nc3ccccc3Cl)CC2)on1. The molecule has 1 amide bonds. The van der Waals surface area contributed by atoms with Crippen LogP contribution in [0.25, 0.3) is 0 Å². The van der Waals surface area contributed by atoms with Gasteiger partial charge in [0.15, 0.2) is 5.76 Å². The van der Waals surface area contributed by atoms with Gasteiger partial charge in [-0.25, -0.2) is 0 Å². The summed E-state index contributed by atoms with van der Waals surface area (Å²) in [5, 5.41) is 7.32. The quantitative estimate of drug-likeness (QED) is 0.899. The summed E-state index contributed by atoms with van der Waals surface area (Å²) in [6.45, 7) is 6.56. The number of aromatic nitrogens is 1. The first-order valence-electron chi connectivity index (χ1n) is 8.01. The van der Waals surface area contributed by atoms with Gasteiger partial charge in [-0.15, -0.1) is 0 Å². The highest BCUT2D eigenvalue weighted by Gasteiger charge is 2.20. The van der Waals surface area contributed by atoms with Crippen molar-refractivity contribution in [1.29, 1.82) is 0 Å². The summed E-state index contributed by atoms with van der Waals surface area (Å²) in [4.78, 5) is 16.6. The zero-order chi connectivity index (χ0) is 16.9. The van der Waals surface area contributed by atoms with Gasteiger partial charge in [0, 0.05) is 32.2 Å². The van der Waals surface area contributed by atoms with Crippen molar-refractivity contribution >= 4 is 23.2 Å². The van der Waals surface area contributed by atoms with Crippen molar-refractivity contribution in [3.63, 3.8) is 0 Å². The van der Waals surface area contributed by atoms with Crippen LogP contribution in [0, 0.1) is 6.92 Å². The number of carbonyl (C=O) groups excluding carboxylic acids is 1. The summed E-state index contributed by atoms with van der Waals surface area (Å²) < 4.78 is 5.25. The molecule has 0 bridgehead atoms. The lowest BCUT2D eigenvalue weighted by molar-refractivity contribution is -0.117. The Labute approximate surface area is 146 Å². The fourth-order valence-corrected chi connectivity index (χ4v) is 2.96. The molecule has 0 spiro atoms. The van der Waals surface area contributed by atoms with Crippen LogP contribution in [0.15, 0.2) is 34.9 Å². The second kappa shape index (κ2) is 7.79. The molecule has 0 atom stereocenters. The highest BCUT2D eigenvalue weighted by Crippen LogP contribution is 2.20. The predicted octanol–water partition coefficient (Wildman–Crippen LogP) is 2.39. The van der Waals surface area contributed by atoms with Gasteiger partial charge in [-0.2, -0.15) is 0 Å². The van der Waals surface area contributed by atoms with Crippen molar-refractivity contribution in [2.24, 2.45) is 0 Å². The Morgan fingerprint density at radius 2 is 1.96 bits per heavy atom. The minimum Gasteiger partial charge on any atom is -0.360 e. The first kappa shape index (κ1) is 17.0. The van der Waals surface area contributed by atoms with Crippen molar-refractivity contribution in [1.82, 2.24) is 15.0 Å². The molecule has 2 aromatic rings. The molecule has 0 unspecified atom stereocenters. The van der Waals surface area contributed by atoms with Crippen LogP contribution in [-0.4, -0.2) is 53.6 Å². The van der Waals surface area contributed by atoms with Gasteiger partial charge in [0.05, 0.1) is 29.5 Å². The van der Waals surface area contributed by atoms with E-state index in [0.717, 1.165) is 44.2 Å². The molecule has 1 saturated heterocycles. The van der Waals surface area contributed by atoms with E-state index in [2.05, 4.69) is 20.3 Å². The molecule has 1 fully saturated rings. The molecular formula is C17H21ClN4O2. The fourth-order valence-electron chi connectivity index (χ4n) is 2.77. The highest BCUT2D eigenvalue weighted by molar-refractivity contribution is 6.33. The van der Waals surface area contributed by atoms with E-state index in [1.165, 1.54) is 0 Å². The number of nitrogens with one attached hydrogen (secondary N) is 1. The normalized spacial score (nSPS) is 16.2. The molecule has 0 saturated carbocycles. The molecule has 0 radical (unpaired) electrons. The molecule has 2 heterocycles. The lowest BCUT2D eigenvalue weighted by Gasteiger charge is -2.33. The third-order valence-corrected chi connectivity index (χ3v) is 4.37. The molecule has 1 aliphatic heterocycles. The van der Waals surface area contributed by atoms with Crippen LogP contribution in [0.4, 0.5) is 5.69 Å². The second-order valence-corrected chi connectivity index (χ2v) is 6.42. The van der Waals surface area contributed by atoms with Gasteiger partial charge in [0.2, 0.25) is 5.91 Å². The van der Waals surface area contributed by atoms with Crippen molar-refractivity contribution in [2.45, 2.75) is 13.5 Å². The summed E-state index contributed by atoms with van der Waals surface area (Å²) in [5.74, 6) is 0.847. The van der Waals surface area contributed by atoms with Crippen molar-refractivity contribution < 1.29 is 9.32 Å². The lowest BCUT2D eigenvalue weighted by atomic mass is 10.2. The molecule has 128 valence electrons. The van der Waals surface area contributed by atoms with Gasteiger partial charge >= 0.3 is 0 Å². The molecule has 1 N–H and O–H groups in total. The van der Waals surface area contributed by atoms with Gasteiger partial charge in [-0.1, -0.05) is 28.9 Å². The largest absolute Gasteiger partial charge is 0.360 e. The Morgan fingerprint density at radius 3 is 2.62 bits per heavy atom. The van der Waals surface area contributed by atoms with Gasteiger partial charge in [-0.3, -0.25) is 14.6 Å². The maximum atomic E-state index is 12.2. The molecule has 3 rings (SSSR count). The summed E-state index contributed by atoms with van der Waals surface area (Å²) in [7, 11) is 0. The Morgan fingerprint density at radius 1 is 1.25 bits per heavy atom. The molecule has 24 heavy (non-hydrogen) atoms. The van der Waals surface area contributed by atoms with Crippen LogP contribution in [0.3, 0.4) is 0 Å². The first-order chi connectivity index (χ1) is 11.6. The Kier molecular flexibility index (Phi) is 5.50. The summed E-state index contributed by atoms with van der Waals surface area (Å²) in [6.07, 6.45) is 0. The monoisotopic (exact) mass is 348 g/mol. The van der Waals surface area contributed by atoms with Crippen molar-refractivity contribution in [3.8, 4) is 0 Å². The molecule has 7 heteroatoms. The van der Waals surface area contributed by atoms with Crippen molar-refractivity contribution in [3.05, 3.63) is 46.8 Å². The van der Waals surface area contributed by atoms with Gasteiger partial charge in [-0.05, 0) is 19.1 Å². The number of para-hydroxylation sites is 1. The number of piperazine rings is 1. The van der Waals surface area contributed by atoms with E-state index in [-0.39, 0.29) is 5.91 Å². The van der Waals surface area contributed by atoms with Crippen LogP contribution in [0.2, 0.25) is 5.02 Å². The fraction of sp³-hybridized carbons (Fsp3) is 0.412. The number of halogens is 1. The van der Waals surface area contributed by atoms with Crippen LogP contribution < -0.4 is 5.32 Å². The second-order valence-electron chi connectivity index (χ2n) is 6.01. The number of hydrogen-bond donors (Lipinski definition) is 1. The molecular weight excluding hydrogens is 328 g/mol. The van der Waals surface area contributed by atoms with E-state index in [1.807, 2.05) is 25.1 Å². The number of aryl methyl sites for hydroxylation is 1. The van der Waals surface area contributed by atoms with E-state index < -0.39 is 0 Å². The first-order valence-corrected chi connectivity index (χ1v) is 8.39. The minimum atomic E-state index is -0.0394. The van der Waals surface area contributed by atoms with E-state index in [1.54, 1.807) is 12.1 Å². The van der Waals surface area contributed by atoms with Gasteiger partial charge < -0.3 is 9.84 Å². The van der Waals surface area contributed by atoms with Crippen LogP contribution >= 0.6 is 11.6 Å². The molecule has 6 nitrogen and oxygen atoms in total. The van der Waals surface area contributed by atoms with E-state index in [9.17, 15) is 4.79 Å². The van der Waals surface area contributed by atoms with Gasteiger partial charge in [0.25, 0.3) is 0 Å².